The fraction of sp³-hybridized carbons (Fsp3) is 0.500. The number of carbonyl (C=O) groups is 1. The third kappa shape index (κ3) is 4.61. The second-order valence-electron chi connectivity index (χ2n) is 4.84. The number of nitrogens with two attached hydrogens (primary N) is 1. The van der Waals surface area contributed by atoms with Crippen LogP contribution in [0, 0.1) is 11.7 Å². The molecular formula is C14H19FN2O2. The minimum atomic E-state index is -0.461. The van der Waals surface area contributed by atoms with Gasteiger partial charge in [-0.05, 0) is 36.5 Å². The molecule has 1 aromatic carbocycles. The van der Waals surface area contributed by atoms with Gasteiger partial charge in [-0.2, -0.15) is 0 Å². The summed E-state index contributed by atoms with van der Waals surface area (Å²) >= 11 is 0. The number of nitrogens with one attached hydrogen (secondary N) is 1. The standard InChI is InChI=1S/C14H19FN2O2/c15-12-5-3-11(4-6-12)14(10-1-2-10)17-7-8-19-9-13(16)18/h3-6,10,14,17H,1-2,7-9H2,(H2,16,18). The van der Waals surface area contributed by atoms with Crippen LogP contribution in [0.1, 0.15) is 24.4 Å². The molecule has 104 valence electrons. The minimum Gasteiger partial charge on any atom is -0.370 e. The molecule has 1 amide bonds. The monoisotopic (exact) mass is 266 g/mol. The van der Waals surface area contributed by atoms with Crippen LogP contribution in [0.2, 0.25) is 0 Å². The van der Waals surface area contributed by atoms with Gasteiger partial charge in [-0.3, -0.25) is 4.79 Å². The Labute approximate surface area is 112 Å². The lowest BCUT2D eigenvalue weighted by atomic mass is 10.0. The van der Waals surface area contributed by atoms with Crippen LogP contribution in [-0.2, 0) is 9.53 Å². The van der Waals surface area contributed by atoms with E-state index >= 15 is 0 Å². The highest BCUT2D eigenvalue weighted by molar-refractivity contribution is 5.74. The highest BCUT2D eigenvalue weighted by Gasteiger charge is 2.31. The van der Waals surface area contributed by atoms with E-state index in [0.717, 1.165) is 5.56 Å². The highest BCUT2D eigenvalue weighted by atomic mass is 19.1. The third-order valence-electron chi connectivity index (χ3n) is 3.18. The Balaban J connectivity index is 1.80. The Bertz CT molecular complexity index is 418. The molecule has 3 N–H and O–H groups in total. The van der Waals surface area contributed by atoms with E-state index < -0.39 is 5.91 Å². The summed E-state index contributed by atoms with van der Waals surface area (Å²) < 4.78 is 18.0. The quantitative estimate of drug-likeness (QED) is 0.698. The van der Waals surface area contributed by atoms with Crippen molar-refractivity contribution in [3.05, 3.63) is 35.6 Å². The molecule has 0 saturated heterocycles. The van der Waals surface area contributed by atoms with Crippen molar-refractivity contribution in [1.82, 2.24) is 5.32 Å². The van der Waals surface area contributed by atoms with E-state index in [1.807, 2.05) is 12.1 Å². The molecule has 4 nitrogen and oxygen atoms in total. The highest BCUT2D eigenvalue weighted by Crippen LogP contribution is 2.40. The Morgan fingerprint density at radius 3 is 2.68 bits per heavy atom. The Hall–Kier alpha value is -1.46. The average Bonchev–Trinajstić information content (AvgIpc) is 3.19. The Morgan fingerprint density at radius 1 is 1.42 bits per heavy atom. The van der Waals surface area contributed by atoms with Crippen LogP contribution in [0.3, 0.4) is 0 Å². The number of rotatable bonds is 8. The van der Waals surface area contributed by atoms with Gasteiger partial charge in [0.1, 0.15) is 12.4 Å². The predicted molar refractivity (Wildman–Crippen MR) is 69.9 cm³/mol. The number of benzene rings is 1. The molecule has 1 unspecified atom stereocenters. The normalized spacial score (nSPS) is 16.3. The number of halogens is 1. The first kappa shape index (κ1) is 14.0. The van der Waals surface area contributed by atoms with E-state index in [4.69, 9.17) is 10.5 Å². The van der Waals surface area contributed by atoms with Gasteiger partial charge < -0.3 is 15.8 Å². The summed E-state index contributed by atoms with van der Waals surface area (Å²) in [6.45, 7) is 1.03. The molecule has 0 aromatic heterocycles. The van der Waals surface area contributed by atoms with E-state index in [-0.39, 0.29) is 18.5 Å². The van der Waals surface area contributed by atoms with Crippen molar-refractivity contribution in [1.29, 1.82) is 0 Å². The fourth-order valence-electron chi connectivity index (χ4n) is 2.12. The Morgan fingerprint density at radius 2 is 2.11 bits per heavy atom. The van der Waals surface area contributed by atoms with Crippen LogP contribution in [0.5, 0.6) is 0 Å². The zero-order chi connectivity index (χ0) is 13.7. The maximum Gasteiger partial charge on any atom is 0.243 e. The maximum atomic E-state index is 12.9. The number of carbonyl (C=O) groups excluding carboxylic acids is 1. The second kappa shape index (κ2) is 6.63. The molecule has 2 rings (SSSR count). The topological polar surface area (TPSA) is 64.4 Å². The first-order valence-electron chi connectivity index (χ1n) is 6.51. The van der Waals surface area contributed by atoms with Crippen LogP contribution in [0.4, 0.5) is 4.39 Å². The van der Waals surface area contributed by atoms with E-state index in [9.17, 15) is 9.18 Å². The molecule has 5 heteroatoms. The Kier molecular flexibility index (Phi) is 4.87. The predicted octanol–water partition coefficient (Wildman–Crippen LogP) is 1.37. The average molecular weight is 266 g/mol. The third-order valence-corrected chi connectivity index (χ3v) is 3.18. The summed E-state index contributed by atoms with van der Waals surface area (Å²) in [6, 6.07) is 6.83. The van der Waals surface area contributed by atoms with Crippen LogP contribution < -0.4 is 11.1 Å². The van der Waals surface area contributed by atoms with Crippen LogP contribution >= 0.6 is 0 Å². The summed E-state index contributed by atoms with van der Waals surface area (Å²) in [5, 5.41) is 3.39. The fourth-order valence-corrected chi connectivity index (χ4v) is 2.12. The first-order valence-corrected chi connectivity index (χ1v) is 6.51. The molecule has 1 aliphatic rings. The smallest absolute Gasteiger partial charge is 0.243 e. The van der Waals surface area contributed by atoms with Gasteiger partial charge in [0.2, 0.25) is 5.91 Å². The molecule has 0 aliphatic heterocycles. The lowest BCUT2D eigenvalue weighted by Crippen LogP contribution is -2.28. The summed E-state index contributed by atoms with van der Waals surface area (Å²) in [6.07, 6.45) is 2.38. The lowest BCUT2D eigenvalue weighted by molar-refractivity contribution is -0.122. The van der Waals surface area contributed by atoms with Gasteiger partial charge in [0, 0.05) is 12.6 Å². The van der Waals surface area contributed by atoms with Gasteiger partial charge in [-0.25, -0.2) is 4.39 Å². The minimum absolute atomic E-state index is 0.0493. The molecule has 19 heavy (non-hydrogen) atoms. The molecule has 0 spiro atoms. The number of hydrogen-bond acceptors (Lipinski definition) is 3. The van der Waals surface area contributed by atoms with Gasteiger partial charge in [0.05, 0.1) is 6.61 Å². The van der Waals surface area contributed by atoms with Gasteiger partial charge >= 0.3 is 0 Å². The molecule has 1 fully saturated rings. The molecule has 1 atom stereocenters. The zero-order valence-corrected chi connectivity index (χ0v) is 10.8. The van der Waals surface area contributed by atoms with Crippen LogP contribution in [0.25, 0.3) is 0 Å². The van der Waals surface area contributed by atoms with Gasteiger partial charge in [-0.15, -0.1) is 0 Å². The van der Waals surface area contributed by atoms with Crippen LogP contribution in [-0.4, -0.2) is 25.7 Å². The number of primary amides is 1. The van der Waals surface area contributed by atoms with Crippen molar-refractivity contribution in [2.75, 3.05) is 19.8 Å². The summed E-state index contributed by atoms with van der Waals surface area (Å²) in [4.78, 5) is 10.5. The molecule has 1 saturated carbocycles. The van der Waals surface area contributed by atoms with Crippen molar-refractivity contribution in [3.63, 3.8) is 0 Å². The molecular weight excluding hydrogens is 247 g/mol. The molecule has 0 radical (unpaired) electrons. The zero-order valence-electron chi connectivity index (χ0n) is 10.8. The lowest BCUT2D eigenvalue weighted by Gasteiger charge is -2.18. The van der Waals surface area contributed by atoms with E-state index in [1.54, 1.807) is 0 Å². The largest absolute Gasteiger partial charge is 0.370 e. The number of hydrogen-bond donors (Lipinski definition) is 2. The van der Waals surface area contributed by atoms with E-state index in [2.05, 4.69) is 5.32 Å². The van der Waals surface area contributed by atoms with E-state index in [0.29, 0.717) is 19.1 Å². The summed E-state index contributed by atoms with van der Waals surface area (Å²) in [5.74, 6) is -0.0676. The second-order valence-corrected chi connectivity index (χ2v) is 4.84. The van der Waals surface area contributed by atoms with Crippen molar-refractivity contribution in [2.24, 2.45) is 11.7 Å². The van der Waals surface area contributed by atoms with Crippen molar-refractivity contribution < 1.29 is 13.9 Å². The molecule has 0 bridgehead atoms. The number of amides is 1. The van der Waals surface area contributed by atoms with Gasteiger partial charge in [0.15, 0.2) is 0 Å². The first-order chi connectivity index (χ1) is 9.16. The van der Waals surface area contributed by atoms with Crippen LogP contribution in [0.15, 0.2) is 24.3 Å². The van der Waals surface area contributed by atoms with Gasteiger partial charge in [-0.1, -0.05) is 12.1 Å². The SMILES string of the molecule is NC(=O)COCCNC(c1ccc(F)cc1)C1CC1. The van der Waals surface area contributed by atoms with E-state index in [1.165, 1.54) is 25.0 Å². The van der Waals surface area contributed by atoms with Crippen molar-refractivity contribution >= 4 is 5.91 Å². The number of ether oxygens (including phenoxy) is 1. The van der Waals surface area contributed by atoms with Gasteiger partial charge in [0.25, 0.3) is 0 Å². The maximum absolute atomic E-state index is 12.9. The summed E-state index contributed by atoms with van der Waals surface area (Å²) in [7, 11) is 0. The molecule has 1 aliphatic carbocycles. The molecule has 1 aromatic rings. The van der Waals surface area contributed by atoms with Crippen molar-refractivity contribution in [2.45, 2.75) is 18.9 Å². The van der Waals surface area contributed by atoms with Crippen molar-refractivity contribution in [3.8, 4) is 0 Å². The summed E-state index contributed by atoms with van der Waals surface area (Å²) in [5.41, 5.74) is 6.07. The molecule has 0 heterocycles.